The second-order valence-corrected chi connectivity index (χ2v) is 5.45. The summed E-state index contributed by atoms with van der Waals surface area (Å²) in [4.78, 5) is 22.6. The zero-order valence-electron chi connectivity index (χ0n) is 11.9. The van der Waals surface area contributed by atoms with Crippen LogP contribution in [0.3, 0.4) is 0 Å². The number of ether oxygens (including phenoxy) is 2. The lowest BCUT2D eigenvalue weighted by atomic mass is 9.84. The number of nitrogens with zero attached hydrogens (tertiary/aromatic N) is 1. The van der Waals surface area contributed by atoms with E-state index in [1.165, 1.54) is 12.1 Å². The van der Waals surface area contributed by atoms with Gasteiger partial charge in [0.25, 0.3) is 5.69 Å². The molecule has 7 heteroatoms. The lowest BCUT2D eigenvalue weighted by Gasteiger charge is -2.26. The molecule has 0 radical (unpaired) electrons. The molecule has 2 aliphatic heterocycles. The third-order valence-electron chi connectivity index (χ3n) is 4.07. The van der Waals surface area contributed by atoms with Crippen molar-refractivity contribution >= 4 is 17.3 Å². The van der Waals surface area contributed by atoms with Gasteiger partial charge in [0.15, 0.2) is 11.5 Å². The molecule has 4 rings (SSSR count). The highest BCUT2D eigenvalue weighted by atomic mass is 16.7. The lowest BCUT2D eigenvalue weighted by Crippen LogP contribution is -2.23. The van der Waals surface area contributed by atoms with Crippen molar-refractivity contribution in [3.63, 3.8) is 0 Å². The number of anilines is 1. The number of amides is 1. The molecule has 0 saturated heterocycles. The van der Waals surface area contributed by atoms with E-state index < -0.39 is 4.92 Å². The smallest absolute Gasteiger partial charge is 0.269 e. The van der Waals surface area contributed by atoms with Gasteiger partial charge >= 0.3 is 0 Å². The largest absolute Gasteiger partial charge is 0.454 e. The first-order chi connectivity index (χ1) is 11.1. The van der Waals surface area contributed by atoms with Crippen LogP contribution in [0.5, 0.6) is 11.5 Å². The maximum absolute atomic E-state index is 12.0. The first-order valence-electron chi connectivity index (χ1n) is 7.09. The SMILES string of the molecule is O=C1C[C@@H](c2cccc([N+](=O)[O-])c2)c2cc3c(cc2N1)OCO3. The van der Waals surface area contributed by atoms with E-state index in [0.717, 1.165) is 11.1 Å². The van der Waals surface area contributed by atoms with Crippen LogP contribution in [0.15, 0.2) is 36.4 Å². The zero-order chi connectivity index (χ0) is 16.0. The van der Waals surface area contributed by atoms with E-state index in [9.17, 15) is 14.9 Å². The van der Waals surface area contributed by atoms with Gasteiger partial charge in [0, 0.05) is 36.2 Å². The first kappa shape index (κ1) is 13.6. The van der Waals surface area contributed by atoms with Crippen molar-refractivity contribution in [1.82, 2.24) is 0 Å². The van der Waals surface area contributed by atoms with Gasteiger partial charge in [-0.3, -0.25) is 14.9 Å². The molecule has 0 aliphatic carbocycles. The Kier molecular flexibility index (Phi) is 2.94. The predicted molar refractivity (Wildman–Crippen MR) is 80.8 cm³/mol. The Balaban J connectivity index is 1.83. The summed E-state index contributed by atoms with van der Waals surface area (Å²) < 4.78 is 10.7. The Morgan fingerprint density at radius 3 is 2.74 bits per heavy atom. The number of nitro groups is 1. The second kappa shape index (κ2) is 4.98. The summed E-state index contributed by atoms with van der Waals surface area (Å²) >= 11 is 0. The Morgan fingerprint density at radius 1 is 1.17 bits per heavy atom. The van der Waals surface area contributed by atoms with Crippen molar-refractivity contribution in [3.05, 3.63) is 57.6 Å². The van der Waals surface area contributed by atoms with E-state index in [2.05, 4.69) is 5.32 Å². The molecule has 0 saturated carbocycles. The molecular formula is C16H12N2O5. The molecule has 2 heterocycles. The van der Waals surface area contributed by atoms with E-state index in [1.54, 1.807) is 18.2 Å². The quantitative estimate of drug-likeness (QED) is 0.680. The van der Waals surface area contributed by atoms with Crippen LogP contribution >= 0.6 is 0 Å². The van der Waals surface area contributed by atoms with Crippen LogP contribution < -0.4 is 14.8 Å². The fraction of sp³-hybridized carbons (Fsp3) is 0.188. The molecule has 1 N–H and O–H groups in total. The molecule has 0 fully saturated rings. The molecule has 0 unspecified atom stereocenters. The molecule has 2 aromatic rings. The lowest BCUT2D eigenvalue weighted by molar-refractivity contribution is -0.384. The maximum Gasteiger partial charge on any atom is 0.269 e. The Morgan fingerprint density at radius 2 is 1.96 bits per heavy atom. The minimum Gasteiger partial charge on any atom is -0.454 e. The Hall–Kier alpha value is -3.09. The summed E-state index contributed by atoms with van der Waals surface area (Å²) in [6, 6.07) is 9.95. The topological polar surface area (TPSA) is 90.7 Å². The maximum atomic E-state index is 12.0. The van der Waals surface area contributed by atoms with Crippen molar-refractivity contribution < 1.29 is 19.2 Å². The van der Waals surface area contributed by atoms with Gasteiger partial charge in [-0.25, -0.2) is 0 Å². The van der Waals surface area contributed by atoms with E-state index in [4.69, 9.17) is 9.47 Å². The van der Waals surface area contributed by atoms with Crippen LogP contribution in [0.25, 0.3) is 0 Å². The van der Waals surface area contributed by atoms with Gasteiger partial charge in [-0.1, -0.05) is 12.1 Å². The van der Waals surface area contributed by atoms with E-state index >= 15 is 0 Å². The summed E-state index contributed by atoms with van der Waals surface area (Å²) in [5, 5.41) is 13.8. The Labute approximate surface area is 131 Å². The minimum atomic E-state index is -0.438. The van der Waals surface area contributed by atoms with Crippen LogP contribution in [0.2, 0.25) is 0 Å². The van der Waals surface area contributed by atoms with Crippen LogP contribution in [0.4, 0.5) is 11.4 Å². The van der Waals surface area contributed by atoms with E-state index in [1.807, 2.05) is 6.07 Å². The Bertz CT molecular complexity index is 833. The third-order valence-corrected chi connectivity index (χ3v) is 4.07. The predicted octanol–water partition coefficient (Wildman–Crippen LogP) is 2.80. The van der Waals surface area contributed by atoms with Gasteiger partial charge in [-0.15, -0.1) is 0 Å². The highest BCUT2D eigenvalue weighted by molar-refractivity contribution is 5.96. The van der Waals surface area contributed by atoms with Gasteiger partial charge in [0.05, 0.1) is 4.92 Å². The summed E-state index contributed by atoms with van der Waals surface area (Å²) in [6.07, 6.45) is 0.230. The van der Waals surface area contributed by atoms with E-state index in [0.29, 0.717) is 17.2 Å². The number of hydrogen-bond donors (Lipinski definition) is 1. The number of non-ortho nitro benzene ring substituents is 1. The average Bonchev–Trinajstić information content (AvgIpc) is 2.99. The van der Waals surface area contributed by atoms with Crippen molar-refractivity contribution in [1.29, 1.82) is 0 Å². The minimum absolute atomic E-state index is 0.00998. The summed E-state index contributed by atoms with van der Waals surface area (Å²) in [5.41, 5.74) is 2.27. The molecular weight excluding hydrogens is 300 g/mol. The second-order valence-electron chi connectivity index (χ2n) is 5.45. The summed E-state index contributed by atoms with van der Waals surface area (Å²) in [5.74, 6) is 0.820. The van der Waals surface area contributed by atoms with Gasteiger partial charge in [0.2, 0.25) is 12.7 Å². The van der Waals surface area contributed by atoms with Crippen molar-refractivity contribution in [2.45, 2.75) is 12.3 Å². The zero-order valence-corrected chi connectivity index (χ0v) is 11.9. The van der Waals surface area contributed by atoms with Gasteiger partial charge < -0.3 is 14.8 Å². The standard InChI is InChI=1S/C16H12N2O5/c19-16-6-11(9-2-1-3-10(4-9)18(20)21)12-5-14-15(23-8-22-14)7-13(12)17-16/h1-5,7,11H,6,8H2,(H,17,19)/t11-/m0/s1. The number of rotatable bonds is 2. The number of carbonyl (C=O) groups is 1. The molecule has 116 valence electrons. The van der Waals surface area contributed by atoms with Gasteiger partial charge in [-0.05, 0) is 17.2 Å². The monoisotopic (exact) mass is 312 g/mol. The van der Waals surface area contributed by atoms with Crippen molar-refractivity contribution in [3.8, 4) is 11.5 Å². The fourth-order valence-corrected chi connectivity index (χ4v) is 3.00. The van der Waals surface area contributed by atoms with Gasteiger partial charge in [0.1, 0.15) is 0 Å². The molecule has 1 atom stereocenters. The average molecular weight is 312 g/mol. The first-order valence-corrected chi connectivity index (χ1v) is 7.09. The normalized spacial score (nSPS) is 18.3. The van der Waals surface area contributed by atoms with E-state index in [-0.39, 0.29) is 30.7 Å². The summed E-state index contributed by atoms with van der Waals surface area (Å²) in [7, 11) is 0. The molecule has 23 heavy (non-hydrogen) atoms. The molecule has 0 bridgehead atoms. The highest BCUT2D eigenvalue weighted by Crippen LogP contribution is 2.44. The van der Waals surface area contributed by atoms with Crippen LogP contribution in [0, 0.1) is 10.1 Å². The molecule has 2 aliphatic rings. The number of nitrogens with one attached hydrogen (secondary N) is 1. The van der Waals surface area contributed by atoms with Crippen molar-refractivity contribution in [2.24, 2.45) is 0 Å². The van der Waals surface area contributed by atoms with Crippen molar-refractivity contribution in [2.75, 3.05) is 12.1 Å². The van der Waals surface area contributed by atoms with Gasteiger partial charge in [-0.2, -0.15) is 0 Å². The molecule has 0 spiro atoms. The third kappa shape index (κ3) is 2.26. The van der Waals surface area contributed by atoms with Crippen LogP contribution in [0.1, 0.15) is 23.5 Å². The van der Waals surface area contributed by atoms with Crippen LogP contribution in [-0.2, 0) is 4.79 Å². The molecule has 2 aromatic carbocycles. The molecule has 1 amide bonds. The summed E-state index contributed by atoms with van der Waals surface area (Å²) in [6.45, 7) is 0.146. The fourth-order valence-electron chi connectivity index (χ4n) is 3.00. The number of carbonyl (C=O) groups excluding carboxylic acids is 1. The highest BCUT2D eigenvalue weighted by Gasteiger charge is 2.30. The molecule has 7 nitrogen and oxygen atoms in total. The molecule has 0 aromatic heterocycles. The number of nitro benzene ring substituents is 1. The van der Waals surface area contributed by atoms with Crippen LogP contribution in [-0.4, -0.2) is 17.6 Å². The number of benzene rings is 2. The number of hydrogen-bond acceptors (Lipinski definition) is 5. The number of fused-ring (bicyclic) bond motifs is 2.